The zero-order valence-corrected chi connectivity index (χ0v) is 28.2. The average Bonchev–Trinajstić information content (AvgIpc) is 3.22. The van der Waals surface area contributed by atoms with Crippen LogP contribution in [0.3, 0.4) is 0 Å². The largest absolute Gasteiger partial charge is 0.236 e. The minimum absolute atomic E-state index is 0.724. The minimum atomic E-state index is 0.724. The second-order valence-corrected chi connectivity index (χ2v) is 13.7. The number of nitrogens with zero attached hydrogens (tertiary/aromatic N) is 2. The summed E-state index contributed by atoms with van der Waals surface area (Å²) in [5.41, 5.74) is 3.07. The molecule has 52 heavy (non-hydrogen) atoms. The third-order valence-corrected chi connectivity index (χ3v) is 10.9. The molecule has 10 aromatic carbocycles. The lowest BCUT2D eigenvalue weighted by molar-refractivity contribution is 1.18. The van der Waals surface area contributed by atoms with Gasteiger partial charge in [-0.05, 0) is 104 Å². The van der Waals surface area contributed by atoms with Gasteiger partial charge in [-0.1, -0.05) is 158 Å². The van der Waals surface area contributed by atoms with Crippen molar-refractivity contribution in [3.8, 4) is 22.5 Å². The Morgan fingerprint density at radius 1 is 0.250 bits per heavy atom. The second-order valence-electron chi connectivity index (χ2n) is 13.7. The van der Waals surface area contributed by atoms with Crippen molar-refractivity contribution < 1.29 is 0 Å². The standard InChI is InChI=1S/C50H30N2/c1-2-11-33(12-3-1)50-51-29-36(30-52-50)34-24-25-42-40-18-7-5-16-38(40)37-15-4-6-17-39(37)41-19-8-9-20-43(41)49-44-26-23-32-14-10-13-31-21-22-35(48(44)47(31)32)28-46(49)45(42)27-34/h1-30H. The van der Waals surface area contributed by atoms with Crippen LogP contribution in [0.1, 0.15) is 0 Å². The summed E-state index contributed by atoms with van der Waals surface area (Å²) >= 11 is 0. The van der Waals surface area contributed by atoms with E-state index in [1.807, 2.05) is 42.7 Å². The van der Waals surface area contributed by atoms with Gasteiger partial charge in [-0.25, -0.2) is 9.97 Å². The Morgan fingerprint density at radius 2 is 0.769 bits per heavy atom. The molecule has 240 valence electrons. The normalized spacial score (nSPS) is 11.8. The number of fused-ring (bicyclic) bond motifs is 11. The molecule has 0 unspecified atom stereocenters. The summed E-state index contributed by atoms with van der Waals surface area (Å²) < 4.78 is 0. The summed E-state index contributed by atoms with van der Waals surface area (Å²) in [5.74, 6) is 0.724. The van der Waals surface area contributed by atoms with Crippen molar-refractivity contribution in [1.29, 1.82) is 0 Å². The van der Waals surface area contributed by atoms with Gasteiger partial charge in [0.25, 0.3) is 0 Å². The molecular weight excluding hydrogens is 629 g/mol. The van der Waals surface area contributed by atoms with E-state index in [9.17, 15) is 0 Å². The lowest BCUT2D eigenvalue weighted by Crippen LogP contribution is -1.90. The quantitative estimate of drug-likeness (QED) is 0.173. The molecule has 0 N–H and O–H groups in total. The first-order valence-corrected chi connectivity index (χ1v) is 17.8. The number of aromatic nitrogens is 2. The van der Waals surface area contributed by atoms with E-state index in [1.54, 1.807) is 0 Å². The minimum Gasteiger partial charge on any atom is -0.236 e. The Morgan fingerprint density at radius 3 is 1.42 bits per heavy atom. The van der Waals surface area contributed by atoms with Gasteiger partial charge in [-0.3, -0.25) is 0 Å². The maximum Gasteiger partial charge on any atom is 0.159 e. The van der Waals surface area contributed by atoms with Crippen molar-refractivity contribution in [3.05, 3.63) is 182 Å². The van der Waals surface area contributed by atoms with Gasteiger partial charge in [-0.15, -0.1) is 0 Å². The lowest BCUT2D eigenvalue weighted by Gasteiger charge is -2.16. The molecule has 0 bridgehead atoms. The van der Waals surface area contributed by atoms with E-state index in [0.717, 1.165) is 22.5 Å². The highest BCUT2D eigenvalue weighted by Crippen LogP contribution is 2.44. The molecule has 0 saturated heterocycles. The van der Waals surface area contributed by atoms with Crippen molar-refractivity contribution in [3.63, 3.8) is 0 Å². The van der Waals surface area contributed by atoms with Crippen LogP contribution < -0.4 is 0 Å². The summed E-state index contributed by atoms with van der Waals surface area (Å²) in [6.45, 7) is 0. The highest BCUT2D eigenvalue weighted by Gasteiger charge is 2.16. The average molecular weight is 659 g/mol. The van der Waals surface area contributed by atoms with Crippen LogP contribution in [0.2, 0.25) is 0 Å². The van der Waals surface area contributed by atoms with Gasteiger partial charge < -0.3 is 0 Å². The van der Waals surface area contributed by atoms with Crippen LogP contribution in [0.4, 0.5) is 0 Å². The van der Waals surface area contributed by atoms with E-state index in [4.69, 9.17) is 9.97 Å². The van der Waals surface area contributed by atoms with E-state index in [0.29, 0.717) is 0 Å². The predicted molar refractivity (Wildman–Crippen MR) is 222 cm³/mol. The summed E-state index contributed by atoms with van der Waals surface area (Å²) in [6, 6.07) is 62.1. The van der Waals surface area contributed by atoms with E-state index >= 15 is 0 Å². The third kappa shape index (κ3) is 4.31. The summed E-state index contributed by atoms with van der Waals surface area (Å²) in [4.78, 5) is 9.63. The number of hydrogen-bond acceptors (Lipinski definition) is 2. The van der Waals surface area contributed by atoms with Gasteiger partial charge in [0.2, 0.25) is 0 Å². The fraction of sp³-hybridized carbons (Fsp3) is 0. The fourth-order valence-electron chi connectivity index (χ4n) is 8.55. The fourth-order valence-corrected chi connectivity index (χ4v) is 8.55. The van der Waals surface area contributed by atoms with Crippen LogP contribution in [-0.4, -0.2) is 9.97 Å². The molecular formula is C50H30N2. The van der Waals surface area contributed by atoms with Crippen LogP contribution in [0.15, 0.2) is 182 Å². The van der Waals surface area contributed by atoms with Gasteiger partial charge >= 0.3 is 0 Å². The monoisotopic (exact) mass is 658 g/mol. The molecule has 0 aliphatic heterocycles. The summed E-state index contributed by atoms with van der Waals surface area (Å²) in [5, 5.41) is 19.9. The maximum atomic E-state index is 4.82. The van der Waals surface area contributed by atoms with Gasteiger partial charge in [0.1, 0.15) is 0 Å². The van der Waals surface area contributed by atoms with Crippen LogP contribution in [-0.2, 0) is 0 Å². The van der Waals surface area contributed by atoms with Gasteiger partial charge in [0.15, 0.2) is 5.82 Å². The van der Waals surface area contributed by atoms with Crippen LogP contribution in [0.25, 0.3) is 109 Å². The Labute approximate surface area is 299 Å². The van der Waals surface area contributed by atoms with E-state index in [2.05, 4.69) is 140 Å². The van der Waals surface area contributed by atoms with E-state index in [1.165, 1.54) is 86.2 Å². The third-order valence-electron chi connectivity index (χ3n) is 10.9. The first kappa shape index (κ1) is 28.9. The van der Waals surface area contributed by atoms with Crippen molar-refractivity contribution in [2.24, 2.45) is 0 Å². The molecule has 2 heteroatoms. The second kappa shape index (κ2) is 11.3. The van der Waals surface area contributed by atoms with Crippen LogP contribution in [0, 0.1) is 0 Å². The van der Waals surface area contributed by atoms with Crippen LogP contribution >= 0.6 is 0 Å². The molecule has 0 saturated carbocycles. The molecule has 0 radical (unpaired) electrons. The predicted octanol–water partition coefficient (Wildman–Crippen LogP) is 13.6. The van der Waals surface area contributed by atoms with Crippen molar-refractivity contribution in [1.82, 2.24) is 9.97 Å². The first-order valence-electron chi connectivity index (χ1n) is 17.8. The Bertz CT molecular complexity index is 3260. The van der Waals surface area contributed by atoms with E-state index < -0.39 is 0 Å². The smallest absolute Gasteiger partial charge is 0.159 e. The zero-order chi connectivity index (χ0) is 34.2. The van der Waals surface area contributed by atoms with Crippen molar-refractivity contribution in [2.75, 3.05) is 0 Å². The topological polar surface area (TPSA) is 25.8 Å². The first-order chi connectivity index (χ1) is 25.8. The molecule has 1 aromatic heterocycles. The molecule has 0 fully saturated rings. The number of benzene rings is 9. The molecule has 11 aromatic rings. The Hall–Kier alpha value is -6.90. The maximum absolute atomic E-state index is 4.82. The molecule has 2 nitrogen and oxygen atoms in total. The van der Waals surface area contributed by atoms with Gasteiger partial charge in [0, 0.05) is 23.5 Å². The summed E-state index contributed by atoms with van der Waals surface area (Å²) in [6.07, 6.45) is 3.91. The van der Waals surface area contributed by atoms with Gasteiger partial charge in [0.05, 0.1) is 0 Å². The lowest BCUT2D eigenvalue weighted by atomic mass is 9.87. The zero-order valence-electron chi connectivity index (χ0n) is 28.2. The SMILES string of the molecule is c1ccc(-c2ncc(-c3ccc4c5ccccc5c5ccccc5c5ccccc5c5c(cc6ccc7cccc8ccc5c6c78)c4c3)cn2)cc1. The Kier molecular flexibility index (Phi) is 6.28. The van der Waals surface area contributed by atoms with Gasteiger partial charge in [-0.2, -0.15) is 0 Å². The number of hydrogen-bond donors (Lipinski definition) is 0. The highest BCUT2D eigenvalue weighted by molar-refractivity contribution is 6.36. The highest BCUT2D eigenvalue weighted by atomic mass is 14.9. The molecule has 0 spiro atoms. The van der Waals surface area contributed by atoms with Crippen molar-refractivity contribution >= 4 is 86.2 Å². The Balaban J connectivity index is 1.39. The van der Waals surface area contributed by atoms with Crippen molar-refractivity contribution in [2.45, 2.75) is 0 Å². The molecule has 11 rings (SSSR count). The molecule has 0 amide bonds. The van der Waals surface area contributed by atoms with E-state index in [-0.39, 0.29) is 0 Å². The molecule has 1 heterocycles. The number of rotatable bonds is 2. The molecule has 0 aliphatic carbocycles. The van der Waals surface area contributed by atoms with Crippen LogP contribution in [0.5, 0.6) is 0 Å². The summed E-state index contributed by atoms with van der Waals surface area (Å²) in [7, 11) is 0. The molecule has 0 aliphatic rings. The molecule has 0 atom stereocenters.